The van der Waals surface area contributed by atoms with Gasteiger partial charge in [0.2, 0.25) is 0 Å². The van der Waals surface area contributed by atoms with Gasteiger partial charge in [0.1, 0.15) is 5.75 Å². The van der Waals surface area contributed by atoms with E-state index in [0.29, 0.717) is 17.0 Å². The van der Waals surface area contributed by atoms with E-state index in [4.69, 9.17) is 10.5 Å². The molecule has 0 bridgehead atoms. The molecule has 0 atom stereocenters. The van der Waals surface area contributed by atoms with E-state index in [1.807, 2.05) is 22.6 Å². The van der Waals surface area contributed by atoms with Crippen LogP contribution in [0.3, 0.4) is 0 Å². The number of anilines is 1. The van der Waals surface area contributed by atoms with Gasteiger partial charge < -0.3 is 15.2 Å². The summed E-state index contributed by atoms with van der Waals surface area (Å²) in [6.07, 6.45) is 0. The molecule has 0 aliphatic carbocycles. The maximum atomic E-state index is 11.3. The van der Waals surface area contributed by atoms with Gasteiger partial charge in [-0.2, -0.15) is 0 Å². The van der Waals surface area contributed by atoms with Crippen molar-refractivity contribution in [3.63, 3.8) is 0 Å². The molecule has 0 heterocycles. The Labute approximate surface area is 95.5 Å². The Kier molecular flexibility index (Phi) is 3.56. The van der Waals surface area contributed by atoms with Gasteiger partial charge in [0, 0.05) is 3.57 Å². The summed E-state index contributed by atoms with van der Waals surface area (Å²) in [6.45, 7) is 0. The molecule has 0 aromatic heterocycles. The number of hydrogen-bond acceptors (Lipinski definition) is 4. The van der Waals surface area contributed by atoms with Gasteiger partial charge in [-0.15, -0.1) is 0 Å². The normalized spacial score (nSPS) is 9.64. The topological polar surface area (TPSA) is 61.5 Å². The van der Waals surface area contributed by atoms with E-state index in [1.54, 1.807) is 12.1 Å². The predicted octanol–water partition coefficient (Wildman–Crippen LogP) is 1.67. The lowest BCUT2D eigenvalue weighted by Crippen LogP contribution is -2.05. The molecule has 1 rings (SSSR count). The average molecular weight is 307 g/mol. The molecule has 5 heteroatoms. The van der Waals surface area contributed by atoms with Gasteiger partial charge in [-0.3, -0.25) is 0 Å². The van der Waals surface area contributed by atoms with Crippen molar-refractivity contribution in [3.05, 3.63) is 21.3 Å². The van der Waals surface area contributed by atoms with E-state index in [1.165, 1.54) is 14.2 Å². The highest BCUT2D eigenvalue weighted by Gasteiger charge is 2.13. The van der Waals surface area contributed by atoms with E-state index >= 15 is 0 Å². The van der Waals surface area contributed by atoms with E-state index in [2.05, 4.69) is 4.74 Å². The molecule has 0 aliphatic rings. The quantitative estimate of drug-likeness (QED) is 0.513. The fraction of sp³-hybridized carbons (Fsp3) is 0.222. The van der Waals surface area contributed by atoms with Crippen LogP contribution in [0.4, 0.5) is 5.69 Å². The van der Waals surface area contributed by atoms with Gasteiger partial charge >= 0.3 is 5.97 Å². The summed E-state index contributed by atoms with van der Waals surface area (Å²) in [4.78, 5) is 11.3. The first kappa shape index (κ1) is 11.1. The molecular formula is C9H10INO3. The average Bonchev–Trinajstić information content (AvgIpc) is 2.19. The first-order chi connectivity index (χ1) is 6.60. The molecule has 1 aromatic carbocycles. The Morgan fingerprint density at radius 1 is 1.43 bits per heavy atom. The van der Waals surface area contributed by atoms with Gasteiger partial charge in [0.05, 0.1) is 25.5 Å². The molecule has 0 unspecified atom stereocenters. The minimum atomic E-state index is -0.399. The van der Waals surface area contributed by atoms with Crippen molar-refractivity contribution in [2.24, 2.45) is 0 Å². The summed E-state index contributed by atoms with van der Waals surface area (Å²) in [6, 6.07) is 3.24. The standard InChI is InChI=1S/C9H10INO3/c1-13-8-4-6(10)5(3-7(8)11)9(12)14-2/h3-4H,11H2,1-2H3. The maximum Gasteiger partial charge on any atom is 0.339 e. The summed E-state index contributed by atoms with van der Waals surface area (Å²) in [5.74, 6) is 0.158. The molecular weight excluding hydrogens is 297 g/mol. The van der Waals surface area contributed by atoms with Crippen LogP contribution < -0.4 is 10.5 Å². The Bertz CT molecular complexity index is 365. The van der Waals surface area contributed by atoms with Gasteiger partial charge in [-0.25, -0.2) is 4.79 Å². The smallest absolute Gasteiger partial charge is 0.339 e. The Hall–Kier alpha value is -0.980. The molecule has 0 saturated carbocycles. The van der Waals surface area contributed by atoms with Gasteiger partial charge in [0.25, 0.3) is 0 Å². The highest BCUT2D eigenvalue weighted by Crippen LogP contribution is 2.27. The first-order valence-corrected chi connectivity index (χ1v) is 4.89. The Balaban J connectivity index is 3.21. The number of nitrogens with two attached hydrogens (primary N) is 1. The third-order valence-electron chi connectivity index (χ3n) is 1.72. The molecule has 0 amide bonds. The van der Waals surface area contributed by atoms with E-state index in [9.17, 15) is 4.79 Å². The number of esters is 1. The fourth-order valence-corrected chi connectivity index (χ4v) is 1.67. The summed E-state index contributed by atoms with van der Waals surface area (Å²) < 4.78 is 10.4. The lowest BCUT2D eigenvalue weighted by molar-refractivity contribution is 0.0599. The number of methoxy groups -OCH3 is 2. The van der Waals surface area contributed by atoms with Crippen LogP contribution >= 0.6 is 22.6 Å². The summed E-state index contributed by atoms with van der Waals surface area (Å²) >= 11 is 2.03. The Morgan fingerprint density at radius 2 is 2.07 bits per heavy atom. The van der Waals surface area contributed by atoms with Crippen LogP contribution in [0, 0.1) is 3.57 Å². The summed E-state index contributed by atoms with van der Waals surface area (Å²) in [7, 11) is 2.86. The van der Waals surface area contributed by atoms with Crippen LogP contribution in [-0.2, 0) is 4.74 Å². The lowest BCUT2D eigenvalue weighted by atomic mass is 10.2. The number of hydrogen-bond donors (Lipinski definition) is 1. The van der Waals surface area contributed by atoms with Crippen LogP contribution in [0.5, 0.6) is 5.75 Å². The molecule has 76 valence electrons. The molecule has 0 fully saturated rings. The highest BCUT2D eigenvalue weighted by molar-refractivity contribution is 14.1. The van der Waals surface area contributed by atoms with Crippen molar-refractivity contribution < 1.29 is 14.3 Å². The zero-order valence-corrected chi connectivity index (χ0v) is 9.99. The van der Waals surface area contributed by atoms with Crippen molar-refractivity contribution in [1.82, 2.24) is 0 Å². The number of carbonyl (C=O) groups excluding carboxylic acids is 1. The number of nitrogen functional groups attached to an aromatic ring is 1. The molecule has 0 saturated heterocycles. The maximum absolute atomic E-state index is 11.3. The monoisotopic (exact) mass is 307 g/mol. The number of rotatable bonds is 2. The lowest BCUT2D eigenvalue weighted by Gasteiger charge is -2.08. The second kappa shape index (κ2) is 4.50. The summed E-state index contributed by atoms with van der Waals surface area (Å²) in [5.41, 5.74) is 6.53. The van der Waals surface area contributed by atoms with Crippen LogP contribution in [0.1, 0.15) is 10.4 Å². The van der Waals surface area contributed by atoms with Crippen LogP contribution in [0.15, 0.2) is 12.1 Å². The third-order valence-corrected chi connectivity index (χ3v) is 2.62. The molecule has 0 radical (unpaired) electrons. The van der Waals surface area contributed by atoms with Gasteiger partial charge in [-0.1, -0.05) is 0 Å². The molecule has 1 aromatic rings. The van der Waals surface area contributed by atoms with Crippen molar-refractivity contribution in [1.29, 1.82) is 0 Å². The summed E-state index contributed by atoms with van der Waals surface area (Å²) in [5, 5.41) is 0. The fourth-order valence-electron chi connectivity index (χ4n) is 1.01. The molecule has 0 aliphatic heterocycles. The predicted molar refractivity (Wildman–Crippen MR) is 61.5 cm³/mol. The van der Waals surface area contributed by atoms with Crippen LogP contribution in [-0.4, -0.2) is 20.2 Å². The molecule has 2 N–H and O–H groups in total. The number of benzene rings is 1. The van der Waals surface area contributed by atoms with Crippen molar-refractivity contribution in [2.75, 3.05) is 20.0 Å². The van der Waals surface area contributed by atoms with Crippen molar-refractivity contribution in [3.8, 4) is 5.75 Å². The highest BCUT2D eigenvalue weighted by atomic mass is 127. The van der Waals surface area contributed by atoms with Gasteiger partial charge in [0.15, 0.2) is 0 Å². The van der Waals surface area contributed by atoms with Gasteiger partial charge in [-0.05, 0) is 34.7 Å². The van der Waals surface area contributed by atoms with Crippen molar-refractivity contribution >= 4 is 34.2 Å². The molecule has 4 nitrogen and oxygen atoms in total. The Morgan fingerprint density at radius 3 is 2.57 bits per heavy atom. The number of carbonyl (C=O) groups is 1. The first-order valence-electron chi connectivity index (χ1n) is 3.81. The largest absolute Gasteiger partial charge is 0.495 e. The second-order valence-corrected chi connectivity index (χ2v) is 3.73. The van der Waals surface area contributed by atoms with Crippen LogP contribution in [0.2, 0.25) is 0 Å². The third kappa shape index (κ3) is 2.09. The minimum Gasteiger partial charge on any atom is -0.495 e. The van der Waals surface area contributed by atoms with E-state index in [0.717, 1.165) is 3.57 Å². The zero-order valence-electron chi connectivity index (χ0n) is 7.83. The minimum absolute atomic E-state index is 0.399. The molecule has 14 heavy (non-hydrogen) atoms. The van der Waals surface area contributed by atoms with Crippen molar-refractivity contribution in [2.45, 2.75) is 0 Å². The molecule has 0 spiro atoms. The number of halogens is 1. The van der Waals surface area contributed by atoms with Crippen LogP contribution in [0.25, 0.3) is 0 Å². The SMILES string of the molecule is COC(=O)c1cc(N)c(OC)cc1I. The van der Waals surface area contributed by atoms with E-state index in [-0.39, 0.29) is 0 Å². The second-order valence-electron chi connectivity index (χ2n) is 2.57. The number of ether oxygens (including phenoxy) is 2. The zero-order chi connectivity index (χ0) is 10.7. The van der Waals surface area contributed by atoms with E-state index < -0.39 is 5.97 Å².